The molecule has 0 aromatic carbocycles. The maximum atomic E-state index is 11.3. The van der Waals surface area contributed by atoms with E-state index in [1.165, 1.54) is 5.56 Å². The second-order valence-electron chi connectivity index (χ2n) is 5.29. The van der Waals surface area contributed by atoms with Gasteiger partial charge in [-0.1, -0.05) is 19.9 Å². The SMILES string of the molecule is CC(C)c1cccn2c(N(C)CCC(=O)NC=O)cnc12. The fourth-order valence-electron chi connectivity index (χ4n) is 2.27. The van der Waals surface area contributed by atoms with E-state index in [-0.39, 0.29) is 12.3 Å². The molecule has 6 nitrogen and oxygen atoms in total. The van der Waals surface area contributed by atoms with E-state index in [2.05, 4.69) is 30.2 Å². The highest BCUT2D eigenvalue weighted by Crippen LogP contribution is 2.23. The van der Waals surface area contributed by atoms with Gasteiger partial charge in [0, 0.05) is 26.2 Å². The van der Waals surface area contributed by atoms with E-state index in [1.807, 2.05) is 28.6 Å². The molecule has 2 amide bonds. The quantitative estimate of drug-likeness (QED) is 0.819. The first-order chi connectivity index (χ1) is 10.0. The van der Waals surface area contributed by atoms with Crippen molar-refractivity contribution in [1.29, 1.82) is 0 Å². The van der Waals surface area contributed by atoms with Crippen molar-refractivity contribution in [3.05, 3.63) is 30.1 Å². The van der Waals surface area contributed by atoms with Crippen molar-refractivity contribution in [2.24, 2.45) is 0 Å². The minimum absolute atomic E-state index is 0.256. The zero-order valence-electron chi connectivity index (χ0n) is 12.5. The summed E-state index contributed by atoms with van der Waals surface area (Å²) in [7, 11) is 1.90. The topological polar surface area (TPSA) is 66.7 Å². The number of imide groups is 1. The number of carbonyl (C=O) groups is 2. The van der Waals surface area contributed by atoms with Gasteiger partial charge in [-0.3, -0.25) is 19.3 Å². The standard InChI is InChI=1S/C15H20N4O2/c1-11(2)12-5-4-7-19-14(9-16-15(12)19)18(3)8-6-13(21)17-10-20/h4-5,7,9-11H,6,8H2,1-3H3,(H,17,20,21). The fourth-order valence-corrected chi connectivity index (χ4v) is 2.27. The normalized spacial score (nSPS) is 10.9. The van der Waals surface area contributed by atoms with Crippen molar-refractivity contribution in [3.63, 3.8) is 0 Å². The van der Waals surface area contributed by atoms with E-state index in [0.717, 1.165) is 11.5 Å². The van der Waals surface area contributed by atoms with Crippen LogP contribution in [0.15, 0.2) is 24.5 Å². The molecule has 21 heavy (non-hydrogen) atoms. The number of carbonyl (C=O) groups excluding carboxylic acids is 2. The Morgan fingerprint density at radius 1 is 1.52 bits per heavy atom. The van der Waals surface area contributed by atoms with E-state index < -0.39 is 0 Å². The molecule has 2 aromatic heterocycles. The van der Waals surface area contributed by atoms with E-state index in [0.29, 0.717) is 18.9 Å². The number of imidazole rings is 1. The van der Waals surface area contributed by atoms with Crippen molar-refractivity contribution in [3.8, 4) is 0 Å². The van der Waals surface area contributed by atoms with E-state index in [9.17, 15) is 9.59 Å². The van der Waals surface area contributed by atoms with Gasteiger partial charge in [-0.25, -0.2) is 4.98 Å². The Kier molecular flexibility index (Phi) is 4.57. The summed E-state index contributed by atoms with van der Waals surface area (Å²) in [6.45, 7) is 4.79. The number of hydrogen-bond acceptors (Lipinski definition) is 4. The first-order valence-electron chi connectivity index (χ1n) is 6.94. The van der Waals surface area contributed by atoms with Gasteiger partial charge in [-0.2, -0.15) is 0 Å². The van der Waals surface area contributed by atoms with Gasteiger partial charge in [0.15, 0.2) is 0 Å². The molecule has 2 heterocycles. The summed E-state index contributed by atoms with van der Waals surface area (Å²) in [6, 6.07) is 4.08. The first kappa shape index (κ1) is 15.0. The van der Waals surface area contributed by atoms with Crippen LogP contribution >= 0.6 is 0 Å². The van der Waals surface area contributed by atoms with Crippen molar-refractivity contribution in [2.75, 3.05) is 18.5 Å². The van der Waals surface area contributed by atoms with Crippen LogP contribution in [0.1, 0.15) is 31.7 Å². The molecule has 0 saturated heterocycles. The average Bonchev–Trinajstić information content (AvgIpc) is 2.88. The zero-order valence-corrected chi connectivity index (χ0v) is 12.5. The predicted molar refractivity (Wildman–Crippen MR) is 81.4 cm³/mol. The van der Waals surface area contributed by atoms with Gasteiger partial charge in [0.05, 0.1) is 6.20 Å². The molecule has 0 bridgehead atoms. The van der Waals surface area contributed by atoms with Gasteiger partial charge in [0.1, 0.15) is 11.5 Å². The van der Waals surface area contributed by atoms with Crippen LogP contribution in [0.4, 0.5) is 5.82 Å². The van der Waals surface area contributed by atoms with Crippen LogP contribution in [0, 0.1) is 0 Å². The Bertz CT molecular complexity index is 648. The van der Waals surface area contributed by atoms with E-state index in [1.54, 1.807) is 6.20 Å². The number of amides is 2. The largest absolute Gasteiger partial charge is 0.359 e. The Morgan fingerprint density at radius 3 is 2.95 bits per heavy atom. The molecule has 0 saturated carbocycles. The Labute approximate surface area is 123 Å². The van der Waals surface area contributed by atoms with Gasteiger partial charge in [0.25, 0.3) is 0 Å². The van der Waals surface area contributed by atoms with E-state index in [4.69, 9.17) is 0 Å². The van der Waals surface area contributed by atoms with Crippen molar-refractivity contribution < 1.29 is 9.59 Å². The highest BCUT2D eigenvalue weighted by atomic mass is 16.2. The lowest BCUT2D eigenvalue weighted by Gasteiger charge is -2.18. The van der Waals surface area contributed by atoms with Crippen LogP contribution in [0.25, 0.3) is 5.65 Å². The second kappa shape index (κ2) is 6.39. The minimum atomic E-state index is -0.284. The number of nitrogens with zero attached hydrogens (tertiary/aromatic N) is 3. The molecule has 1 N–H and O–H groups in total. The van der Waals surface area contributed by atoms with Crippen LogP contribution in [0.5, 0.6) is 0 Å². The molecule has 0 aliphatic carbocycles. The summed E-state index contributed by atoms with van der Waals surface area (Å²) in [6.07, 6.45) is 4.43. The van der Waals surface area contributed by atoms with Crippen LogP contribution in [-0.2, 0) is 9.59 Å². The molecule has 112 valence electrons. The molecule has 0 aliphatic heterocycles. The summed E-state index contributed by atoms with van der Waals surface area (Å²) in [5.74, 6) is 1.03. The molecule has 0 unspecified atom stereocenters. The third-order valence-corrected chi connectivity index (χ3v) is 3.45. The summed E-state index contributed by atoms with van der Waals surface area (Å²) in [5, 5.41) is 2.14. The summed E-state index contributed by atoms with van der Waals surface area (Å²) in [5.41, 5.74) is 2.13. The fraction of sp³-hybridized carbons (Fsp3) is 0.400. The number of nitrogens with one attached hydrogen (secondary N) is 1. The first-order valence-corrected chi connectivity index (χ1v) is 6.94. The lowest BCUT2D eigenvalue weighted by Crippen LogP contribution is -2.28. The molecule has 0 aliphatic rings. The van der Waals surface area contributed by atoms with Gasteiger partial charge < -0.3 is 4.90 Å². The second-order valence-corrected chi connectivity index (χ2v) is 5.29. The summed E-state index contributed by atoms with van der Waals surface area (Å²) >= 11 is 0. The van der Waals surface area contributed by atoms with Crippen molar-refractivity contribution in [2.45, 2.75) is 26.2 Å². The number of rotatable bonds is 6. The number of hydrogen-bond donors (Lipinski definition) is 1. The molecule has 0 radical (unpaired) electrons. The summed E-state index contributed by atoms with van der Waals surface area (Å²) in [4.78, 5) is 28.0. The number of pyridine rings is 1. The van der Waals surface area contributed by atoms with E-state index >= 15 is 0 Å². The molecule has 0 atom stereocenters. The minimum Gasteiger partial charge on any atom is -0.359 e. The third kappa shape index (κ3) is 3.21. The average molecular weight is 288 g/mol. The van der Waals surface area contributed by atoms with Gasteiger partial charge in [-0.15, -0.1) is 0 Å². The van der Waals surface area contributed by atoms with Gasteiger partial charge in [-0.05, 0) is 17.5 Å². The van der Waals surface area contributed by atoms with Crippen molar-refractivity contribution in [1.82, 2.24) is 14.7 Å². The Balaban J connectivity index is 2.20. The van der Waals surface area contributed by atoms with Crippen LogP contribution in [0.3, 0.4) is 0 Å². The van der Waals surface area contributed by atoms with Crippen LogP contribution in [-0.4, -0.2) is 35.3 Å². The van der Waals surface area contributed by atoms with Gasteiger partial charge >= 0.3 is 0 Å². The Morgan fingerprint density at radius 2 is 2.29 bits per heavy atom. The predicted octanol–water partition coefficient (Wildman–Crippen LogP) is 1.56. The molecule has 2 rings (SSSR count). The van der Waals surface area contributed by atoms with Crippen molar-refractivity contribution >= 4 is 23.8 Å². The lowest BCUT2D eigenvalue weighted by atomic mass is 10.1. The highest BCUT2D eigenvalue weighted by Gasteiger charge is 2.13. The molecule has 6 heteroatoms. The van der Waals surface area contributed by atoms with Crippen LogP contribution < -0.4 is 10.2 Å². The Hall–Kier alpha value is -2.37. The zero-order chi connectivity index (χ0) is 15.4. The molecular weight excluding hydrogens is 268 g/mol. The molecule has 2 aromatic rings. The number of aromatic nitrogens is 2. The molecule has 0 fully saturated rings. The maximum Gasteiger partial charge on any atom is 0.228 e. The molecular formula is C15H20N4O2. The van der Waals surface area contributed by atoms with Gasteiger partial charge in [0.2, 0.25) is 12.3 Å². The number of fused-ring (bicyclic) bond motifs is 1. The monoisotopic (exact) mass is 288 g/mol. The maximum absolute atomic E-state index is 11.3. The summed E-state index contributed by atoms with van der Waals surface area (Å²) < 4.78 is 2.02. The highest BCUT2D eigenvalue weighted by molar-refractivity contribution is 5.86. The lowest BCUT2D eigenvalue weighted by molar-refractivity contribution is -0.125. The van der Waals surface area contributed by atoms with Crippen LogP contribution in [0.2, 0.25) is 0 Å². The third-order valence-electron chi connectivity index (χ3n) is 3.45. The smallest absolute Gasteiger partial charge is 0.228 e. The number of anilines is 1. The molecule has 0 spiro atoms.